The molecule has 0 fully saturated rings. The second-order valence-electron chi connectivity index (χ2n) is 9.22. The van der Waals surface area contributed by atoms with Gasteiger partial charge in [-0.1, -0.05) is 67.3 Å². The van der Waals surface area contributed by atoms with Crippen LogP contribution in [-0.4, -0.2) is 36.7 Å². The van der Waals surface area contributed by atoms with E-state index in [1.54, 1.807) is 0 Å². The summed E-state index contributed by atoms with van der Waals surface area (Å²) in [5.74, 6) is 0. The van der Waals surface area contributed by atoms with Gasteiger partial charge in [-0.05, 0) is 37.5 Å². The number of carbonyl (C=O) groups excluding carboxylic acids is 1. The van der Waals surface area contributed by atoms with Crippen molar-refractivity contribution in [3.63, 3.8) is 0 Å². The van der Waals surface area contributed by atoms with Gasteiger partial charge >= 0.3 is 6.09 Å². The molecule has 3 aromatic rings. The molecule has 1 unspecified atom stereocenters. The van der Waals surface area contributed by atoms with Crippen LogP contribution < -0.4 is 5.19 Å². The Labute approximate surface area is 173 Å². The smallest absolute Gasteiger partial charge is 0.410 e. The number of para-hydroxylation sites is 1. The van der Waals surface area contributed by atoms with Crippen molar-refractivity contribution in [2.45, 2.75) is 52.1 Å². The average molecular weight is 407 g/mol. The molecule has 0 radical (unpaired) electrons. The third kappa shape index (κ3) is 3.71. The number of nitrogens with one attached hydrogen (secondary N) is 1. The van der Waals surface area contributed by atoms with Crippen molar-refractivity contribution in [2.24, 2.45) is 0 Å². The molecule has 29 heavy (non-hydrogen) atoms. The molecule has 4 nitrogen and oxygen atoms in total. The van der Waals surface area contributed by atoms with E-state index in [1.807, 2.05) is 18.7 Å². The molecule has 0 spiro atoms. The summed E-state index contributed by atoms with van der Waals surface area (Å²) in [5, 5.41) is 2.65. The average Bonchev–Trinajstić information content (AvgIpc) is 3.04. The summed E-state index contributed by atoms with van der Waals surface area (Å²) in [6, 6.07) is 17.0. The normalized spacial score (nSPS) is 16.9. The molecule has 1 aliphatic heterocycles. The topological polar surface area (TPSA) is 45.3 Å². The third-order valence-corrected chi connectivity index (χ3v) is 7.72. The van der Waals surface area contributed by atoms with E-state index in [1.165, 1.54) is 16.1 Å². The number of ether oxygens (including phenoxy) is 1. The Morgan fingerprint density at radius 3 is 2.62 bits per heavy atom. The van der Waals surface area contributed by atoms with Gasteiger partial charge in [-0.25, -0.2) is 4.79 Å². The van der Waals surface area contributed by atoms with E-state index in [4.69, 9.17) is 4.74 Å². The van der Waals surface area contributed by atoms with E-state index >= 15 is 0 Å². The first-order chi connectivity index (χ1) is 13.8. The summed E-state index contributed by atoms with van der Waals surface area (Å²) in [6.07, 6.45) is 0.449. The standard InChI is InChI=1S/C24H30N2O2Si/c1-16(2)28-24(27)26-14-13-20-19-11-6-7-12-21(19)25-22(20)23(26)17-9-8-10-18(15-17)29(3,4)5/h6-12,15-16,23,25H,13-14H2,1-5H3. The second-order valence-corrected chi connectivity index (χ2v) is 14.3. The summed E-state index contributed by atoms with van der Waals surface area (Å²) in [7, 11) is -1.47. The maximum atomic E-state index is 13.0. The summed E-state index contributed by atoms with van der Waals surface area (Å²) in [5.41, 5.74) is 4.71. The van der Waals surface area contributed by atoms with Gasteiger partial charge in [0.25, 0.3) is 0 Å². The Bertz CT molecular complexity index is 1050. The largest absolute Gasteiger partial charge is 0.447 e. The number of aromatic nitrogens is 1. The highest BCUT2D eigenvalue weighted by Gasteiger charge is 2.36. The summed E-state index contributed by atoms with van der Waals surface area (Å²) < 4.78 is 5.61. The van der Waals surface area contributed by atoms with Crippen LogP contribution >= 0.6 is 0 Å². The molecule has 0 bridgehead atoms. The van der Waals surface area contributed by atoms with Crippen LogP contribution in [0.3, 0.4) is 0 Å². The number of fused-ring (bicyclic) bond motifs is 3. The number of rotatable bonds is 3. The van der Waals surface area contributed by atoms with Gasteiger partial charge in [-0.2, -0.15) is 0 Å². The molecule has 1 N–H and O–H groups in total. The number of benzene rings is 2. The number of amides is 1. The summed E-state index contributed by atoms with van der Waals surface area (Å²) >= 11 is 0. The van der Waals surface area contributed by atoms with Crippen molar-refractivity contribution in [3.8, 4) is 0 Å². The molecule has 2 aromatic carbocycles. The lowest BCUT2D eigenvalue weighted by molar-refractivity contribution is 0.0655. The molecule has 152 valence electrons. The van der Waals surface area contributed by atoms with Gasteiger partial charge in [0, 0.05) is 23.1 Å². The number of hydrogen-bond acceptors (Lipinski definition) is 2. The van der Waals surface area contributed by atoms with Gasteiger partial charge in [0.2, 0.25) is 0 Å². The van der Waals surface area contributed by atoms with Crippen LogP contribution in [-0.2, 0) is 11.2 Å². The number of aromatic amines is 1. The van der Waals surface area contributed by atoms with Crippen molar-refractivity contribution in [2.75, 3.05) is 6.54 Å². The SMILES string of the molecule is CC(C)OC(=O)N1CCc2c([nH]c3ccccc23)C1c1cccc([Si](C)(C)C)c1. The monoisotopic (exact) mass is 406 g/mol. The van der Waals surface area contributed by atoms with Crippen LogP contribution in [0.5, 0.6) is 0 Å². The van der Waals surface area contributed by atoms with Crippen molar-refractivity contribution in [3.05, 3.63) is 65.4 Å². The van der Waals surface area contributed by atoms with E-state index in [-0.39, 0.29) is 18.2 Å². The van der Waals surface area contributed by atoms with Crippen LogP contribution in [0.2, 0.25) is 19.6 Å². The number of hydrogen-bond donors (Lipinski definition) is 1. The third-order valence-electron chi connectivity index (χ3n) is 5.67. The van der Waals surface area contributed by atoms with Crippen LogP contribution in [0.1, 0.15) is 36.7 Å². The lowest BCUT2D eigenvalue weighted by Gasteiger charge is -2.36. The second kappa shape index (κ2) is 7.37. The Kier molecular flexibility index (Phi) is 5.03. The Morgan fingerprint density at radius 2 is 1.90 bits per heavy atom. The maximum Gasteiger partial charge on any atom is 0.410 e. The molecule has 1 amide bonds. The zero-order valence-corrected chi connectivity index (χ0v) is 19.0. The highest BCUT2D eigenvalue weighted by molar-refractivity contribution is 6.88. The van der Waals surface area contributed by atoms with Crippen molar-refractivity contribution >= 4 is 30.3 Å². The minimum absolute atomic E-state index is 0.138. The van der Waals surface area contributed by atoms with E-state index in [2.05, 4.69) is 73.2 Å². The Hall–Kier alpha value is -2.53. The number of nitrogens with zero attached hydrogens (tertiary/aromatic N) is 1. The summed E-state index contributed by atoms with van der Waals surface area (Å²) in [4.78, 5) is 18.5. The van der Waals surface area contributed by atoms with Crippen molar-refractivity contribution in [1.82, 2.24) is 9.88 Å². The van der Waals surface area contributed by atoms with Gasteiger partial charge in [0.05, 0.1) is 14.2 Å². The van der Waals surface area contributed by atoms with E-state index in [0.29, 0.717) is 6.54 Å². The van der Waals surface area contributed by atoms with Gasteiger partial charge < -0.3 is 9.72 Å². The molecule has 4 rings (SSSR count). The minimum Gasteiger partial charge on any atom is -0.447 e. The van der Waals surface area contributed by atoms with Crippen LogP contribution in [0.4, 0.5) is 4.79 Å². The number of carbonyl (C=O) groups is 1. The molecule has 1 atom stereocenters. The number of H-pyrrole nitrogens is 1. The predicted molar refractivity (Wildman–Crippen MR) is 122 cm³/mol. The highest BCUT2D eigenvalue weighted by Crippen LogP contribution is 2.38. The fourth-order valence-electron chi connectivity index (χ4n) is 4.23. The molecular weight excluding hydrogens is 376 g/mol. The zero-order chi connectivity index (χ0) is 20.8. The first kappa shape index (κ1) is 19.8. The van der Waals surface area contributed by atoms with E-state index in [9.17, 15) is 4.79 Å². The highest BCUT2D eigenvalue weighted by atomic mass is 28.3. The zero-order valence-electron chi connectivity index (χ0n) is 18.0. The Morgan fingerprint density at radius 1 is 1.14 bits per heavy atom. The van der Waals surface area contributed by atoms with Crippen LogP contribution in [0, 0.1) is 0 Å². The molecule has 0 saturated heterocycles. The first-order valence-corrected chi connectivity index (χ1v) is 13.9. The molecule has 5 heteroatoms. The van der Waals surface area contributed by atoms with Gasteiger partial charge in [-0.3, -0.25) is 4.90 Å². The molecule has 2 heterocycles. The first-order valence-electron chi connectivity index (χ1n) is 10.4. The molecule has 0 saturated carbocycles. The van der Waals surface area contributed by atoms with Crippen LogP contribution in [0.15, 0.2) is 48.5 Å². The lowest BCUT2D eigenvalue weighted by Crippen LogP contribution is -2.43. The Balaban J connectivity index is 1.87. The van der Waals surface area contributed by atoms with Gasteiger partial charge in [0.15, 0.2) is 0 Å². The maximum absolute atomic E-state index is 13.0. The molecule has 1 aliphatic rings. The van der Waals surface area contributed by atoms with E-state index in [0.717, 1.165) is 23.2 Å². The molecular formula is C24H30N2O2Si. The molecule has 0 aliphatic carbocycles. The molecule has 1 aromatic heterocycles. The quantitative estimate of drug-likeness (QED) is 0.607. The predicted octanol–water partition coefficient (Wildman–Crippen LogP) is 5.21. The van der Waals surface area contributed by atoms with Gasteiger partial charge in [0.1, 0.15) is 6.04 Å². The minimum atomic E-state index is -1.47. The van der Waals surface area contributed by atoms with Gasteiger partial charge in [-0.15, -0.1) is 0 Å². The fourth-order valence-corrected chi connectivity index (χ4v) is 5.42. The van der Waals surface area contributed by atoms with Crippen LogP contribution in [0.25, 0.3) is 10.9 Å². The fraction of sp³-hybridized carbons (Fsp3) is 0.375. The van der Waals surface area contributed by atoms with Crippen molar-refractivity contribution in [1.29, 1.82) is 0 Å². The summed E-state index contributed by atoms with van der Waals surface area (Å²) in [6.45, 7) is 11.5. The van der Waals surface area contributed by atoms with E-state index < -0.39 is 8.07 Å². The van der Waals surface area contributed by atoms with Crippen molar-refractivity contribution < 1.29 is 9.53 Å². The lowest BCUT2D eigenvalue weighted by atomic mass is 9.93.